The molecule has 3 aromatic rings. The third-order valence-corrected chi connectivity index (χ3v) is 4.68. The molecule has 0 bridgehead atoms. The van der Waals surface area contributed by atoms with Gasteiger partial charge in [-0.1, -0.05) is 65.9 Å². The van der Waals surface area contributed by atoms with Crippen molar-refractivity contribution in [3.63, 3.8) is 0 Å². The Morgan fingerprint density at radius 2 is 1.58 bits per heavy atom. The van der Waals surface area contributed by atoms with Crippen molar-refractivity contribution in [3.8, 4) is 5.75 Å². The van der Waals surface area contributed by atoms with Gasteiger partial charge in [-0.15, -0.1) is 0 Å². The van der Waals surface area contributed by atoms with Crippen LogP contribution in [0.3, 0.4) is 0 Å². The average molecular weight is 359 g/mol. The first kappa shape index (κ1) is 18.0. The zero-order chi connectivity index (χ0) is 18.2. The number of hydrogen-bond acceptors (Lipinski definition) is 3. The number of hydrogen-bond donors (Lipinski definition) is 0. The van der Waals surface area contributed by atoms with Crippen LogP contribution in [-0.2, 0) is 0 Å². The minimum atomic E-state index is 0.555. The van der Waals surface area contributed by atoms with Crippen LogP contribution in [0.25, 0.3) is 0 Å². The summed E-state index contributed by atoms with van der Waals surface area (Å²) in [4.78, 5) is 5.84. The summed E-state index contributed by atoms with van der Waals surface area (Å²) >= 11 is 1.66. The van der Waals surface area contributed by atoms with Gasteiger partial charge in [0.05, 0.1) is 5.69 Å². The highest BCUT2D eigenvalue weighted by molar-refractivity contribution is 8.02. The minimum Gasteiger partial charge on any atom is -0.439 e. The van der Waals surface area contributed by atoms with E-state index in [1.807, 2.05) is 72.1 Å². The van der Waals surface area contributed by atoms with E-state index in [0.29, 0.717) is 5.90 Å². The van der Waals surface area contributed by atoms with Crippen molar-refractivity contribution in [2.45, 2.75) is 18.7 Å². The monoisotopic (exact) mass is 359 g/mol. The summed E-state index contributed by atoms with van der Waals surface area (Å²) in [6.45, 7) is 4.23. The van der Waals surface area contributed by atoms with Gasteiger partial charge in [-0.3, -0.25) is 0 Å². The highest BCUT2D eigenvalue weighted by Crippen LogP contribution is 2.24. The molecule has 26 heavy (non-hydrogen) atoms. The average Bonchev–Trinajstić information content (AvgIpc) is 2.65. The van der Waals surface area contributed by atoms with Crippen LogP contribution >= 0.6 is 11.8 Å². The standard InChI is InChI=1S/C23H21NOS/c1-18-13-14-22(19(2)17-18)26-16-15-23(24-20-9-5-3-6-10-20)25-21-11-7-4-8-12-21/h3-17H,1-2H3/b16-15+,24-23-. The van der Waals surface area contributed by atoms with Gasteiger partial charge in [0, 0.05) is 11.0 Å². The summed E-state index contributed by atoms with van der Waals surface area (Å²) in [5.41, 5.74) is 3.40. The molecule has 2 nitrogen and oxygen atoms in total. The Morgan fingerprint density at radius 1 is 0.885 bits per heavy atom. The maximum Gasteiger partial charge on any atom is 0.220 e. The van der Waals surface area contributed by atoms with Crippen molar-refractivity contribution in [2.75, 3.05) is 0 Å². The molecule has 0 heterocycles. The number of thioether (sulfide) groups is 1. The quantitative estimate of drug-likeness (QED) is 0.286. The molecule has 0 atom stereocenters. The molecule has 0 spiro atoms. The molecule has 3 aromatic carbocycles. The maximum absolute atomic E-state index is 5.96. The van der Waals surface area contributed by atoms with E-state index in [2.05, 4.69) is 37.0 Å². The molecule has 0 aliphatic rings. The fourth-order valence-corrected chi connectivity index (χ4v) is 3.15. The minimum absolute atomic E-state index is 0.555. The third kappa shape index (κ3) is 5.36. The smallest absolute Gasteiger partial charge is 0.220 e. The van der Waals surface area contributed by atoms with Crippen molar-refractivity contribution >= 4 is 23.3 Å². The molecule has 3 heteroatoms. The second-order valence-corrected chi connectivity index (χ2v) is 6.84. The molecule has 0 saturated heterocycles. The van der Waals surface area contributed by atoms with Gasteiger partial charge in [0.15, 0.2) is 0 Å². The molecular formula is C23H21NOS. The molecule has 3 rings (SSSR count). The molecule has 0 amide bonds. The van der Waals surface area contributed by atoms with Gasteiger partial charge in [-0.2, -0.15) is 0 Å². The largest absolute Gasteiger partial charge is 0.439 e. The summed E-state index contributed by atoms with van der Waals surface area (Å²) in [5.74, 6) is 1.32. The number of aliphatic imine (C=N–C) groups is 1. The number of nitrogens with zero attached hydrogens (tertiary/aromatic N) is 1. The Balaban J connectivity index is 1.79. The molecule has 0 fully saturated rings. The van der Waals surface area contributed by atoms with Gasteiger partial charge in [-0.05, 0) is 55.2 Å². The zero-order valence-corrected chi connectivity index (χ0v) is 15.7. The van der Waals surface area contributed by atoms with Crippen molar-refractivity contribution in [1.82, 2.24) is 0 Å². The van der Waals surface area contributed by atoms with Crippen molar-refractivity contribution < 1.29 is 4.74 Å². The third-order valence-electron chi connectivity index (χ3n) is 3.70. The van der Waals surface area contributed by atoms with E-state index >= 15 is 0 Å². The van der Waals surface area contributed by atoms with Crippen LogP contribution in [0.1, 0.15) is 11.1 Å². The van der Waals surface area contributed by atoms with Gasteiger partial charge in [0.2, 0.25) is 5.90 Å². The number of para-hydroxylation sites is 2. The fraction of sp³-hybridized carbons (Fsp3) is 0.0870. The van der Waals surface area contributed by atoms with Gasteiger partial charge in [0.25, 0.3) is 0 Å². The van der Waals surface area contributed by atoms with Crippen molar-refractivity contribution in [3.05, 3.63) is 101 Å². The van der Waals surface area contributed by atoms with E-state index in [0.717, 1.165) is 11.4 Å². The van der Waals surface area contributed by atoms with Crippen molar-refractivity contribution in [1.29, 1.82) is 0 Å². The van der Waals surface area contributed by atoms with E-state index in [1.165, 1.54) is 16.0 Å². The Kier molecular flexibility index (Phi) is 6.29. The Morgan fingerprint density at radius 3 is 2.27 bits per heavy atom. The summed E-state index contributed by atoms with van der Waals surface area (Å²) in [6, 6.07) is 26.0. The Hall–Kier alpha value is -2.78. The summed E-state index contributed by atoms with van der Waals surface area (Å²) in [6.07, 6.45) is 1.91. The lowest BCUT2D eigenvalue weighted by Gasteiger charge is -2.06. The first-order valence-electron chi connectivity index (χ1n) is 8.48. The molecule has 0 unspecified atom stereocenters. The molecule has 130 valence electrons. The van der Waals surface area contributed by atoms with Crippen LogP contribution < -0.4 is 4.74 Å². The second-order valence-electron chi connectivity index (χ2n) is 5.89. The lowest BCUT2D eigenvalue weighted by atomic mass is 10.2. The van der Waals surface area contributed by atoms with E-state index < -0.39 is 0 Å². The Labute approximate surface area is 159 Å². The predicted molar refractivity (Wildman–Crippen MR) is 112 cm³/mol. The molecule has 0 aliphatic carbocycles. The lowest BCUT2D eigenvalue weighted by Crippen LogP contribution is -2.04. The number of benzene rings is 3. The van der Waals surface area contributed by atoms with Crippen LogP contribution in [0.2, 0.25) is 0 Å². The van der Waals surface area contributed by atoms with E-state index in [1.54, 1.807) is 11.8 Å². The summed E-state index contributed by atoms with van der Waals surface area (Å²) < 4.78 is 5.96. The second kappa shape index (κ2) is 9.07. The Bertz CT molecular complexity index is 902. The number of rotatable bonds is 5. The van der Waals surface area contributed by atoms with Crippen LogP contribution in [0.5, 0.6) is 5.75 Å². The summed E-state index contributed by atoms with van der Waals surface area (Å²) in [7, 11) is 0. The molecule has 0 aliphatic heterocycles. The lowest BCUT2D eigenvalue weighted by molar-refractivity contribution is 0.556. The van der Waals surface area contributed by atoms with Gasteiger partial charge >= 0.3 is 0 Å². The highest BCUT2D eigenvalue weighted by atomic mass is 32.2. The van der Waals surface area contributed by atoms with Crippen LogP contribution in [0.4, 0.5) is 5.69 Å². The summed E-state index contributed by atoms with van der Waals surface area (Å²) in [5, 5.41) is 2.02. The molecule has 0 radical (unpaired) electrons. The SMILES string of the molecule is Cc1ccc(S/C=C/C(=N/c2ccccc2)Oc2ccccc2)c(C)c1. The van der Waals surface area contributed by atoms with Crippen molar-refractivity contribution in [2.24, 2.45) is 4.99 Å². The van der Waals surface area contributed by atoms with Crippen LogP contribution in [0, 0.1) is 13.8 Å². The van der Waals surface area contributed by atoms with E-state index in [-0.39, 0.29) is 0 Å². The number of ether oxygens (including phenoxy) is 1. The zero-order valence-electron chi connectivity index (χ0n) is 14.9. The molecule has 0 N–H and O–H groups in total. The topological polar surface area (TPSA) is 21.6 Å². The fourth-order valence-electron chi connectivity index (χ4n) is 2.43. The van der Waals surface area contributed by atoms with E-state index in [4.69, 9.17) is 4.74 Å². The highest BCUT2D eigenvalue weighted by Gasteiger charge is 2.01. The normalized spacial score (nSPS) is 11.7. The van der Waals surface area contributed by atoms with Gasteiger partial charge < -0.3 is 4.74 Å². The van der Waals surface area contributed by atoms with Crippen LogP contribution in [-0.4, -0.2) is 5.90 Å². The van der Waals surface area contributed by atoms with Crippen LogP contribution in [0.15, 0.2) is 100 Å². The van der Waals surface area contributed by atoms with Gasteiger partial charge in [-0.25, -0.2) is 4.99 Å². The van der Waals surface area contributed by atoms with Gasteiger partial charge in [0.1, 0.15) is 5.75 Å². The number of aryl methyl sites for hydroxylation is 2. The molecular weight excluding hydrogens is 338 g/mol. The first-order valence-corrected chi connectivity index (χ1v) is 9.36. The first-order chi connectivity index (χ1) is 12.7. The molecule has 0 aromatic heterocycles. The van der Waals surface area contributed by atoms with E-state index in [9.17, 15) is 0 Å². The maximum atomic E-state index is 5.96. The predicted octanol–water partition coefficient (Wildman–Crippen LogP) is 6.72. The molecule has 0 saturated carbocycles.